The normalized spacial score (nSPS) is 45.9. The zero-order valence-electron chi connectivity index (χ0n) is 22.2. The van der Waals surface area contributed by atoms with E-state index in [9.17, 15) is 4.79 Å². The van der Waals surface area contributed by atoms with Crippen molar-refractivity contribution in [3.8, 4) is 0 Å². The first-order chi connectivity index (χ1) is 16.9. The highest BCUT2D eigenvalue weighted by molar-refractivity contribution is 5.69. The molecule has 0 aliphatic heterocycles. The highest BCUT2D eigenvalue weighted by atomic mass is 16.5. The topological polar surface area (TPSA) is 51.2 Å². The third-order valence-electron chi connectivity index (χ3n) is 12.5. The quantitative estimate of drug-likeness (QED) is 0.481. The van der Waals surface area contributed by atoms with Gasteiger partial charge in [-0.1, -0.05) is 19.9 Å². The van der Waals surface area contributed by atoms with Crippen LogP contribution in [0.3, 0.4) is 0 Å². The van der Waals surface area contributed by atoms with Crippen LogP contribution in [-0.4, -0.2) is 24.1 Å². The lowest BCUT2D eigenvalue weighted by atomic mass is 9.43. The standard InChI is InChI=1S/C31H46N2O2/c1-30-14-13-23(33-19-24-6-4-5-15-32-24)17-21(30)8-9-25-27-11-10-26-20(7-12-29(34)35-3)16-22(18-28(25)30)31(26,27)2/h4-6,15,20-23,25-28,33H,7-14,16-19H2,1-3H3/t20-,21+,22-,23+,25?,26?,27?,28?,30-,31+/m0/s1. The molecule has 10 atom stereocenters. The molecule has 0 amide bonds. The molecule has 35 heavy (non-hydrogen) atoms. The second kappa shape index (κ2) is 9.15. The van der Waals surface area contributed by atoms with E-state index >= 15 is 0 Å². The largest absolute Gasteiger partial charge is 0.469 e. The Labute approximate surface area is 212 Å². The van der Waals surface area contributed by atoms with Gasteiger partial charge in [0, 0.05) is 25.2 Å². The lowest BCUT2D eigenvalue weighted by molar-refractivity contribution is -0.141. The summed E-state index contributed by atoms with van der Waals surface area (Å²) in [6.07, 6.45) is 16.2. The van der Waals surface area contributed by atoms with Crippen molar-refractivity contribution in [1.82, 2.24) is 10.3 Å². The smallest absolute Gasteiger partial charge is 0.305 e. The van der Waals surface area contributed by atoms with E-state index in [-0.39, 0.29) is 5.97 Å². The summed E-state index contributed by atoms with van der Waals surface area (Å²) in [5.41, 5.74) is 2.22. The molecule has 4 heteroatoms. The Morgan fingerprint density at radius 1 is 1.03 bits per heavy atom. The van der Waals surface area contributed by atoms with Gasteiger partial charge in [0.2, 0.25) is 0 Å². The summed E-state index contributed by atoms with van der Waals surface area (Å²) in [7, 11) is 1.54. The molecule has 4 nitrogen and oxygen atoms in total. The van der Waals surface area contributed by atoms with Gasteiger partial charge in [-0.3, -0.25) is 9.78 Å². The summed E-state index contributed by atoms with van der Waals surface area (Å²) in [4.78, 5) is 16.4. The van der Waals surface area contributed by atoms with Crippen LogP contribution in [0.5, 0.6) is 0 Å². The summed E-state index contributed by atoms with van der Waals surface area (Å²) < 4.78 is 4.99. The van der Waals surface area contributed by atoms with Crippen LogP contribution in [0.1, 0.15) is 90.2 Å². The van der Waals surface area contributed by atoms with Crippen molar-refractivity contribution < 1.29 is 9.53 Å². The van der Waals surface area contributed by atoms with Gasteiger partial charge in [0.15, 0.2) is 0 Å². The maximum Gasteiger partial charge on any atom is 0.305 e. The maximum absolute atomic E-state index is 11.9. The summed E-state index contributed by atoms with van der Waals surface area (Å²) in [6, 6.07) is 6.88. The van der Waals surface area contributed by atoms with Crippen molar-refractivity contribution in [2.75, 3.05) is 7.11 Å². The van der Waals surface area contributed by atoms with Gasteiger partial charge in [-0.15, -0.1) is 0 Å². The van der Waals surface area contributed by atoms with Crippen LogP contribution < -0.4 is 5.32 Å². The minimum Gasteiger partial charge on any atom is -0.469 e. The molecular weight excluding hydrogens is 432 g/mol. The fourth-order valence-electron chi connectivity index (χ4n) is 10.7. The van der Waals surface area contributed by atoms with Gasteiger partial charge >= 0.3 is 5.97 Å². The van der Waals surface area contributed by atoms with Gasteiger partial charge < -0.3 is 10.1 Å². The van der Waals surface area contributed by atoms with Gasteiger partial charge in [-0.05, 0) is 129 Å². The van der Waals surface area contributed by atoms with Crippen molar-refractivity contribution in [1.29, 1.82) is 0 Å². The number of hydrogen-bond acceptors (Lipinski definition) is 4. The number of nitrogens with one attached hydrogen (secondary N) is 1. The summed E-state index contributed by atoms with van der Waals surface area (Å²) >= 11 is 0. The second-order valence-electron chi connectivity index (χ2n) is 13.4. The lowest BCUT2D eigenvalue weighted by Crippen LogP contribution is -2.56. The molecule has 1 heterocycles. The third-order valence-corrected chi connectivity index (χ3v) is 12.5. The Bertz CT molecular complexity index is 920. The van der Waals surface area contributed by atoms with E-state index in [0.717, 1.165) is 60.1 Å². The molecule has 5 aliphatic carbocycles. The molecule has 0 bridgehead atoms. The van der Waals surface area contributed by atoms with E-state index in [1.54, 1.807) is 0 Å². The van der Waals surface area contributed by atoms with E-state index in [2.05, 4.69) is 36.3 Å². The van der Waals surface area contributed by atoms with Crippen molar-refractivity contribution in [2.45, 2.75) is 97.1 Å². The molecule has 0 radical (unpaired) electrons. The molecule has 5 aliphatic rings. The highest BCUT2D eigenvalue weighted by Gasteiger charge is 2.66. The maximum atomic E-state index is 11.9. The first-order valence-electron chi connectivity index (χ1n) is 14.6. The Balaban J connectivity index is 1.15. The number of carbonyl (C=O) groups is 1. The molecule has 5 saturated carbocycles. The van der Waals surface area contributed by atoms with E-state index in [4.69, 9.17) is 4.74 Å². The predicted octanol–water partition coefficient (Wildman–Crippen LogP) is 6.40. The van der Waals surface area contributed by atoms with E-state index in [1.807, 2.05) is 12.3 Å². The number of esters is 1. The van der Waals surface area contributed by atoms with Crippen LogP contribution in [0.25, 0.3) is 0 Å². The first-order valence-corrected chi connectivity index (χ1v) is 14.6. The summed E-state index contributed by atoms with van der Waals surface area (Å²) in [5.74, 6) is 6.11. The van der Waals surface area contributed by atoms with E-state index in [0.29, 0.717) is 23.3 Å². The highest BCUT2D eigenvalue weighted by Crippen LogP contribution is 2.73. The first kappa shape index (κ1) is 23.9. The number of aromatic nitrogens is 1. The van der Waals surface area contributed by atoms with Gasteiger partial charge in [-0.25, -0.2) is 0 Å². The summed E-state index contributed by atoms with van der Waals surface area (Å²) in [6.45, 7) is 6.28. The summed E-state index contributed by atoms with van der Waals surface area (Å²) in [5, 5.41) is 3.86. The van der Waals surface area contributed by atoms with Crippen LogP contribution in [0, 0.1) is 52.3 Å². The Hall–Kier alpha value is -1.42. The molecule has 0 aromatic carbocycles. The molecule has 0 spiro atoms. The van der Waals surface area contributed by atoms with Crippen molar-refractivity contribution >= 4 is 5.97 Å². The van der Waals surface area contributed by atoms with Crippen LogP contribution >= 0.6 is 0 Å². The second-order valence-corrected chi connectivity index (χ2v) is 13.4. The molecule has 1 aromatic rings. The molecular formula is C31H46N2O2. The monoisotopic (exact) mass is 478 g/mol. The minimum absolute atomic E-state index is 0.0167. The van der Waals surface area contributed by atoms with Crippen LogP contribution in [0.15, 0.2) is 24.4 Å². The number of carbonyl (C=O) groups excluding carboxylic acids is 1. The van der Waals surface area contributed by atoms with Crippen LogP contribution in [-0.2, 0) is 16.1 Å². The molecule has 6 rings (SSSR count). The number of fused-ring (bicyclic) bond motifs is 4. The Morgan fingerprint density at radius 2 is 1.89 bits per heavy atom. The molecule has 192 valence electrons. The molecule has 1 aromatic heterocycles. The van der Waals surface area contributed by atoms with Gasteiger partial charge in [0.25, 0.3) is 0 Å². The average Bonchev–Trinajstić information content (AvgIpc) is 3.37. The third kappa shape index (κ3) is 3.88. The zero-order chi connectivity index (χ0) is 24.2. The molecule has 5 fully saturated rings. The van der Waals surface area contributed by atoms with E-state index in [1.165, 1.54) is 64.9 Å². The molecule has 0 saturated heterocycles. The predicted molar refractivity (Wildman–Crippen MR) is 138 cm³/mol. The fraction of sp³-hybridized carbons (Fsp3) is 0.806. The van der Waals surface area contributed by atoms with E-state index < -0.39 is 0 Å². The number of methoxy groups -OCH3 is 1. The van der Waals surface area contributed by atoms with Gasteiger partial charge in [0.05, 0.1) is 12.8 Å². The van der Waals surface area contributed by atoms with Crippen molar-refractivity contribution in [2.24, 2.45) is 52.3 Å². The zero-order valence-corrected chi connectivity index (χ0v) is 22.2. The number of hydrogen-bond donors (Lipinski definition) is 1. The van der Waals surface area contributed by atoms with Crippen LogP contribution in [0.4, 0.5) is 0 Å². The number of pyridine rings is 1. The van der Waals surface area contributed by atoms with Gasteiger partial charge in [0.1, 0.15) is 0 Å². The molecule has 1 N–H and O–H groups in total. The Kier molecular flexibility index (Phi) is 6.26. The Morgan fingerprint density at radius 3 is 2.69 bits per heavy atom. The molecule has 4 unspecified atom stereocenters. The minimum atomic E-state index is -0.0167. The van der Waals surface area contributed by atoms with Gasteiger partial charge in [-0.2, -0.15) is 0 Å². The lowest BCUT2D eigenvalue weighted by Gasteiger charge is -2.62. The fourth-order valence-corrected chi connectivity index (χ4v) is 10.7. The van der Waals surface area contributed by atoms with Crippen molar-refractivity contribution in [3.63, 3.8) is 0 Å². The SMILES string of the molecule is COC(=O)CC[C@H]1C[C@H]2CC3C(CC[C@@H]4C[C@H](NCc5ccccn5)CC[C@]34C)C3CCC1[C@]32C. The number of nitrogens with zero attached hydrogens (tertiary/aromatic N) is 1. The van der Waals surface area contributed by atoms with Crippen LogP contribution in [0.2, 0.25) is 0 Å². The average molecular weight is 479 g/mol. The van der Waals surface area contributed by atoms with Crippen molar-refractivity contribution in [3.05, 3.63) is 30.1 Å². The number of ether oxygens (including phenoxy) is 1. The number of rotatable bonds is 6.